The topological polar surface area (TPSA) is 54.0 Å². The molecule has 35 heavy (non-hydrogen) atoms. The summed E-state index contributed by atoms with van der Waals surface area (Å²) in [4.78, 5) is 11.6. The van der Waals surface area contributed by atoms with Crippen molar-refractivity contribution in [2.45, 2.75) is 32.1 Å². The van der Waals surface area contributed by atoms with E-state index < -0.39 is 6.16 Å². The zero-order chi connectivity index (χ0) is 25.4. The Labute approximate surface area is 239 Å². The predicted molar refractivity (Wildman–Crippen MR) is 152 cm³/mol. The van der Waals surface area contributed by atoms with Crippen LogP contribution in [0, 0.1) is 0 Å². The Kier molecular flexibility index (Phi) is 10.8. The standard InChI is InChI=1S/C26H26Br4O5/c1-26(2)17-13-19(27)23(20(28)14-17)32-9-5-3-7-11-34-25(31)35-12-8-4-6-10-33-24-21(29)15-18(26)16-22(24)30/h3-4,7-8,13-16H,5-6,9-12H2,1-2H3/b7-3-,8-4-. The van der Waals surface area contributed by atoms with E-state index in [0.29, 0.717) is 26.1 Å². The summed E-state index contributed by atoms with van der Waals surface area (Å²) in [6.07, 6.45) is 7.99. The first-order chi connectivity index (χ1) is 16.7. The molecular formula is C26H26Br4O5. The molecule has 0 unspecified atom stereocenters. The average Bonchev–Trinajstić information content (AvgIpc) is 2.79. The van der Waals surface area contributed by atoms with Gasteiger partial charge in [0.15, 0.2) is 0 Å². The van der Waals surface area contributed by atoms with Crippen molar-refractivity contribution in [3.63, 3.8) is 0 Å². The third kappa shape index (κ3) is 7.84. The number of fused-ring (bicyclic) bond motifs is 2. The third-order valence-electron chi connectivity index (χ3n) is 5.43. The van der Waals surface area contributed by atoms with Crippen LogP contribution >= 0.6 is 63.7 Å². The zero-order valence-corrected chi connectivity index (χ0v) is 25.8. The van der Waals surface area contributed by atoms with Crippen LogP contribution < -0.4 is 9.47 Å². The lowest BCUT2D eigenvalue weighted by Crippen LogP contribution is -2.19. The van der Waals surface area contributed by atoms with Crippen LogP contribution in [0.2, 0.25) is 0 Å². The number of halogens is 4. The number of carbonyl (C=O) groups is 1. The van der Waals surface area contributed by atoms with E-state index in [2.05, 4.69) is 102 Å². The Hall–Kier alpha value is -1.29. The zero-order valence-electron chi connectivity index (χ0n) is 19.4. The molecule has 0 atom stereocenters. The Balaban J connectivity index is 1.89. The highest BCUT2D eigenvalue weighted by molar-refractivity contribution is 9.11. The summed E-state index contributed by atoms with van der Waals surface area (Å²) in [7, 11) is 0. The number of hydrogen-bond donors (Lipinski definition) is 0. The van der Waals surface area contributed by atoms with Gasteiger partial charge in [0.25, 0.3) is 0 Å². The van der Waals surface area contributed by atoms with E-state index in [1.807, 2.05) is 12.2 Å². The predicted octanol–water partition coefficient (Wildman–Crippen LogP) is 8.88. The molecular weight excluding hydrogens is 712 g/mol. The number of rotatable bonds is 0. The molecule has 9 heteroatoms. The summed E-state index contributed by atoms with van der Waals surface area (Å²) in [5.41, 5.74) is 1.96. The molecule has 2 aromatic rings. The van der Waals surface area contributed by atoms with Gasteiger partial charge in [-0.05, 0) is 112 Å². The van der Waals surface area contributed by atoms with E-state index in [9.17, 15) is 4.79 Å². The SMILES string of the molecule is CC1(C)c2cc(Br)c(c(Br)c2)OCC/C=C\COC(=O)OC/C=C\CCOc2c(Br)cc1cc2Br. The summed E-state index contributed by atoms with van der Waals surface area (Å²) in [6, 6.07) is 8.36. The van der Waals surface area contributed by atoms with Crippen LogP contribution in [-0.4, -0.2) is 32.6 Å². The van der Waals surface area contributed by atoms with Gasteiger partial charge in [-0.25, -0.2) is 4.79 Å². The quantitative estimate of drug-likeness (QED) is 0.200. The second kappa shape index (κ2) is 13.3. The molecule has 0 saturated heterocycles. The van der Waals surface area contributed by atoms with Crippen LogP contribution in [0.5, 0.6) is 11.5 Å². The maximum atomic E-state index is 11.6. The molecule has 0 amide bonds. The van der Waals surface area contributed by atoms with Crippen molar-refractivity contribution < 1.29 is 23.7 Å². The van der Waals surface area contributed by atoms with Gasteiger partial charge in [0.2, 0.25) is 0 Å². The number of carbonyl (C=O) groups excluding carboxylic acids is 1. The van der Waals surface area contributed by atoms with Gasteiger partial charge >= 0.3 is 6.16 Å². The van der Waals surface area contributed by atoms with E-state index in [1.165, 1.54) is 0 Å². The average molecular weight is 738 g/mol. The largest absolute Gasteiger partial charge is 0.508 e. The van der Waals surface area contributed by atoms with E-state index >= 15 is 0 Å². The normalized spacial score (nSPS) is 19.0. The number of hydrogen-bond acceptors (Lipinski definition) is 5. The van der Waals surface area contributed by atoms with E-state index in [-0.39, 0.29) is 18.6 Å². The third-order valence-corrected chi connectivity index (χ3v) is 7.79. The van der Waals surface area contributed by atoms with Gasteiger partial charge < -0.3 is 18.9 Å². The van der Waals surface area contributed by atoms with E-state index in [4.69, 9.17) is 18.9 Å². The van der Waals surface area contributed by atoms with Gasteiger partial charge in [-0.15, -0.1) is 0 Å². The molecule has 0 saturated carbocycles. The molecule has 0 radical (unpaired) electrons. The van der Waals surface area contributed by atoms with Gasteiger partial charge in [-0.2, -0.15) is 0 Å². The van der Waals surface area contributed by atoms with Gasteiger partial charge in [-0.1, -0.05) is 38.2 Å². The highest BCUT2D eigenvalue weighted by atomic mass is 79.9. The second-order valence-corrected chi connectivity index (χ2v) is 11.7. The fraction of sp³-hybridized carbons (Fsp3) is 0.346. The van der Waals surface area contributed by atoms with Crippen molar-refractivity contribution in [2.24, 2.45) is 0 Å². The summed E-state index contributed by atoms with van der Waals surface area (Å²) < 4.78 is 25.5. The van der Waals surface area contributed by atoms with Crippen LogP contribution in [0.25, 0.3) is 0 Å². The van der Waals surface area contributed by atoms with Crippen molar-refractivity contribution in [1.29, 1.82) is 0 Å². The van der Waals surface area contributed by atoms with Crippen LogP contribution in [0.15, 0.2) is 66.5 Å². The lowest BCUT2D eigenvalue weighted by atomic mass is 9.78. The molecule has 0 aromatic heterocycles. The first-order valence-electron chi connectivity index (χ1n) is 11.0. The maximum absolute atomic E-state index is 11.6. The molecule has 3 aliphatic heterocycles. The Morgan fingerprint density at radius 2 is 1.00 bits per heavy atom. The molecule has 3 heterocycles. The second-order valence-electron chi connectivity index (χ2n) is 8.25. The monoisotopic (exact) mass is 734 g/mol. The lowest BCUT2D eigenvalue weighted by molar-refractivity contribution is 0.0716. The minimum absolute atomic E-state index is 0.149. The molecule has 5 rings (SSSR count). The van der Waals surface area contributed by atoms with Gasteiger partial charge in [0.1, 0.15) is 24.7 Å². The highest BCUT2D eigenvalue weighted by Gasteiger charge is 2.27. The van der Waals surface area contributed by atoms with Crippen molar-refractivity contribution in [3.8, 4) is 11.5 Å². The van der Waals surface area contributed by atoms with Crippen LogP contribution in [0.4, 0.5) is 4.79 Å². The summed E-state index contributed by atoms with van der Waals surface area (Å²) in [5, 5.41) is 0. The Morgan fingerprint density at radius 3 is 1.37 bits per heavy atom. The highest BCUT2D eigenvalue weighted by Crippen LogP contribution is 2.44. The van der Waals surface area contributed by atoms with E-state index in [0.717, 1.165) is 40.5 Å². The molecule has 2 aromatic carbocycles. The molecule has 0 aliphatic carbocycles. The van der Waals surface area contributed by atoms with Crippen molar-refractivity contribution in [3.05, 3.63) is 77.6 Å². The molecule has 0 fully saturated rings. The van der Waals surface area contributed by atoms with Gasteiger partial charge in [0.05, 0.1) is 31.1 Å². The molecule has 0 spiro atoms. The van der Waals surface area contributed by atoms with Crippen LogP contribution in [-0.2, 0) is 14.9 Å². The molecule has 0 N–H and O–H groups in total. The maximum Gasteiger partial charge on any atom is 0.508 e. The Bertz CT molecular complexity index is 981. The fourth-order valence-electron chi connectivity index (χ4n) is 3.39. The van der Waals surface area contributed by atoms with Crippen molar-refractivity contribution >= 4 is 69.9 Å². The number of benzene rings is 2. The van der Waals surface area contributed by atoms with Gasteiger partial charge in [0, 0.05) is 5.41 Å². The van der Waals surface area contributed by atoms with Crippen molar-refractivity contribution in [1.82, 2.24) is 0 Å². The smallest absolute Gasteiger partial charge is 0.491 e. The first-order valence-corrected chi connectivity index (χ1v) is 14.2. The molecule has 5 nitrogen and oxygen atoms in total. The summed E-state index contributed by atoms with van der Waals surface area (Å²) in [6.45, 7) is 5.63. The van der Waals surface area contributed by atoms with Gasteiger partial charge in [-0.3, -0.25) is 0 Å². The minimum atomic E-state index is -0.704. The number of ether oxygens (including phenoxy) is 4. The molecule has 3 aliphatic rings. The Morgan fingerprint density at radius 1 is 0.629 bits per heavy atom. The van der Waals surface area contributed by atoms with Crippen LogP contribution in [0.1, 0.15) is 37.8 Å². The summed E-state index contributed by atoms with van der Waals surface area (Å²) >= 11 is 14.7. The van der Waals surface area contributed by atoms with Crippen LogP contribution in [0.3, 0.4) is 0 Å². The summed E-state index contributed by atoms with van der Waals surface area (Å²) in [5.74, 6) is 1.48. The lowest BCUT2D eigenvalue weighted by Gasteiger charge is -2.28. The molecule has 188 valence electrons. The first kappa shape index (κ1) is 28.3. The molecule has 4 bridgehead atoms. The minimum Gasteiger partial charge on any atom is -0.491 e. The van der Waals surface area contributed by atoms with Crippen molar-refractivity contribution in [2.75, 3.05) is 26.4 Å². The van der Waals surface area contributed by atoms with E-state index in [1.54, 1.807) is 12.2 Å². The fourth-order valence-corrected chi connectivity index (χ4v) is 6.22.